The van der Waals surface area contributed by atoms with E-state index >= 15 is 0 Å². The molecule has 2 unspecified atom stereocenters. The van der Waals surface area contributed by atoms with Crippen molar-refractivity contribution in [1.82, 2.24) is 0 Å². The fraction of sp³-hybridized carbons (Fsp3) is 0.586. The molecule has 2 atom stereocenters. The minimum Gasteiger partial charge on any atom is -0.508 e. The van der Waals surface area contributed by atoms with Crippen LogP contribution in [0, 0.1) is 16.2 Å². The molecule has 1 heteroatoms. The van der Waals surface area contributed by atoms with Crippen molar-refractivity contribution in [2.75, 3.05) is 0 Å². The number of phenols is 1. The third-order valence-corrected chi connectivity index (χ3v) is 7.28. The third-order valence-electron chi connectivity index (χ3n) is 7.28. The van der Waals surface area contributed by atoms with E-state index in [-0.39, 0.29) is 16.2 Å². The van der Waals surface area contributed by atoms with Crippen LogP contribution in [0.25, 0.3) is 0 Å². The van der Waals surface area contributed by atoms with Gasteiger partial charge in [-0.3, -0.25) is 0 Å². The first-order valence-electron chi connectivity index (χ1n) is 11.7. The molecular formula is C29H46O. The molecule has 0 spiro atoms. The Labute approximate surface area is 186 Å². The Morgan fingerprint density at radius 2 is 1.17 bits per heavy atom. The fourth-order valence-corrected chi connectivity index (χ4v) is 4.72. The molecule has 0 radical (unpaired) electrons. The molecule has 0 saturated carbocycles. The van der Waals surface area contributed by atoms with Gasteiger partial charge in [0.15, 0.2) is 0 Å². The molecule has 2 rings (SSSR count). The Hall–Kier alpha value is -1.76. The molecule has 0 amide bonds. The summed E-state index contributed by atoms with van der Waals surface area (Å²) in [5.74, 6) is 1.28. The number of benzene rings is 2. The maximum absolute atomic E-state index is 9.73. The lowest BCUT2D eigenvalue weighted by molar-refractivity contribution is 0.0425. The topological polar surface area (TPSA) is 20.2 Å². The van der Waals surface area contributed by atoms with Crippen LogP contribution in [0.3, 0.4) is 0 Å². The number of phenolic OH excluding ortho intramolecular Hbond substituents is 1. The molecule has 0 saturated heterocycles. The van der Waals surface area contributed by atoms with Gasteiger partial charge in [0, 0.05) is 0 Å². The summed E-state index contributed by atoms with van der Waals surface area (Å²) in [6.07, 6.45) is 2.25. The van der Waals surface area contributed by atoms with Crippen LogP contribution in [0.1, 0.15) is 105 Å². The van der Waals surface area contributed by atoms with Gasteiger partial charge < -0.3 is 5.11 Å². The van der Waals surface area contributed by atoms with Crippen molar-refractivity contribution in [3.8, 4) is 5.75 Å². The van der Waals surface area contributed by atoms with Crippen LogP contribution in [0.4, 0.5) is 0 Å². The zero-order valence-corrected chi connectivity index (χ0v) is 21.2. The number of hydrogen-bond acceptors (Lipinski definition) is 1. The van der Waals surface area contributed by atoms with E-state index in [9.17, 15) is 5.11 Å². The standard InChI is InChI=1S/C27H40O.C2H6/c1-9-23(20-13-11-10-12-14-20)27(7,8)26(5,6)19-24(25(2,3)4)21-15-17-22(28)18-16-21;1-2/h10-18,23-24,28H,9,19H2,1-8H3;1-2H3. The molecule has 0 fully saturated rings. The van der Waals surface area contributed by atoms with Crippen molar-refractivity contribution < 1.29 is 5.11 Å². The first kappa shape index (κ1) is 26.3. The molecule has 2 aromatic rings. The van der Waals surface area contributed by atoms with Gasteiger partial charge in [0.2, 0.25) is 0 Å². The molecule has 0 bridgehead atoms. The highest BCUT2D eigenvalue weighted by Gasteiger charge is 2.45. The summed E-state index contributed by atoms with van der Waals surface area (Å²) in [4.78, 5) is 0. The minimum atomic E-state index is 0.138. The molecule has 1 N–H and O–H groups in total. The van der Waals surface area contributed by atoms with Crippen molar-refractivity contribution in [2.24, 2.45) is 16.2 Å². The summed E-state index contributed by atoms with van der Waals surface area (Å²) >= 11 is 0. The smallest absolute Gasteiger partial charge is 0.115 e. The van der Waals surface area contributed by atoms with Gasteiger partial charge >= 0.3 is 0 Å². The molecule has 30 heavy (non-hydrogen) atoms. The third kappa shape index (κ3) is 6.13. The summed E-state index contributed by atoms with van der Waals surface area (Å²) in [6.45, 7) is 23.1. The Morgan fingerprint density at radius 3 is 1.60 bits per heavy atom. The van der Waals surface area contributed by atoms with Crippen LogP contribution < -0.4 is 0 Å². The van der Waals surface area contributed by atoms with Crippen molar-refractivity contribution in [3.05, 3.63) is 65.7 Å². The first-order chi connectivity index (χ1) is 13.9. The molecule has 0 aromatic heterocycles. The monoisotopic (exact) mass is 410 g/mol. The average Bonchev–Trinajstić information content (AvgIpc) is 2.69. The second-order valence-corrected chi connectivity index (χ2v) is 10.7. The normalized spacial score (nSPS) is 14.5. The average molecular weight is 411 g/mol. The quantitative estimate of drug-likeness (QED) is 0.482. The van der Waals surface area contributed by atoms with Crippen molar-refractivity contribution >= 4 is 0 Å². The summed E-state index contributed by atoms with van der Waals surface area (Å²) in [7, 11) is 0. The van der Waals surface area contributed by atoms with Crippen LogP contribution in [0.5, 0.6) is 5.75 Å². The van der Waals surface area contributed by atoms with Crippen molar-refractivity contribution in [3.63, 3.8) is 0 Å². The Bertz CT molecular complexity index is 732. The van der Waals surface area contributed by atoms with Gasteiger partial charge in [-0.05, 0) is 64.2 Å². The van der Waals surface area contributed by atoms with Gasteiger partial charge in [-0.2, -0.15) is 0 Å². The zero-order valence-electron chi connectivity index (χ0n) is 21.2. The molecule has 0 aliphatic rings. The van der Waals surface area contributed by atoms with E-state index in [0.717, 1.165) is 12.8 Å². The predicted molar refractivity (Wildman–Crippen MR) is 133 cm³/mol. The van der Waals surface area contributed by atoms with E-state index in [2.05, 4.69) is 97.9 Å². The SMILES string of the molecule is CC.CCC(c1ccccc1)C(C)(C)C(C)(C)CC(c1ccc(O)cc1)C(C)(C)C. The maximum atomic E-state index is 9.73. The fourth-order valence-electron chi connectivity index (χ4n) is 4.72. The molecule has 1 nitrogen and oxygen atoms in total. The van der Waals surface area contributed by atoms with E-state index in [4.69, 9.17) is 0 Å². The van der Waals surface area contributed by atoms with Gasteiger partial charge in [0.1, 0.15) is 5.75 Å². The molecule has 168 valence electrons. The predicted octanol–water partition coefficient (Wildman–Crippen LogP) is 9.18. The van der Waals surface area contributed by atoms with E-state index in [1.165, 1.54) is 11.1 Å². The van der Waals surface area contributed by atoms with Gasteiger partial charge in [0.25, 0.3) is 0 Å². The molecular weight excluding hydrogens is 364 g/mol. The first-order valence-corrected chi connectivity index (χ1v) is 11.7. The van der Waals surface area contributed by atoms with Gasteiger partial charge in [-0.25, -0.2) is 0 Å². The second kappa shape index (κ2) is 10.5. The van der Waals surface area contributed by atoms with Crippen LogP contribution in [0.2, 0.25) is 0 Å². The Morgan fingerprint density at radius 1 is 0.700 bits per heavy atom. The van der Waals surface area contributed by atoms with Crippen LogP contribution >= 0.6 is 0 Å². The molecule has 0 aliphatic carbocycles. The van der Waals surface area contributed by atoms with E-state index in [1.807, 2.05) is 26.0 Å². The number of hydrogen-bond donors (Lipinski definition) is 1. The minimum absolute atomic E-state index is 0.138. The summed E-state index contributed by atoms with van der Waals surface area (Å²) in [5, 5.41) is 9.73. The maximum Gasteiger partial charge on any atom is 0.115 e. The van der Waals surface area contributed by atoms with Gasteiger partial charge in [-0.1, -0.05) is 112 Å². The highest BCUT2D eigenvalue weighted by atomic mass is 16.3. The van der Waals surface area contributed by atoms with Gasteiger partial charge in [0.05, 0.1) is 0 Å². The van der Waals surface area contributed by atoms with E-state index < -0.39 is 0 Å². The molecule has 0 heterocycles. The lowest BCUT2D eigenvalue weighted by atomic mass is 9.54. The zero-order chi connectivity index (χ0) is 23.2. The molecule has 2 aromatic carbocycles. The van der Waals surface area contributed by atoms with Crippen LogP contribution in [0.15, 0.2) is 54.6 Å². The largest absolute Gasteiger partial charge is 0.508 e. The van der Waals surface area contributed by atoms with Crippen LogP contribution in [-0.2, 0) is 0 Å². The van der Waals surface area contributed by atoms with Gasteiger partial charge in [-0.15, -0.1) is 0 Å². The lowest BCUT2D eigenvalue weighted by Gasteiger charge is -2.50. The summed E-state index contributed by atoms with van der Waals surface area (Å²) < 4.78 is 0. The molecule has 0 aliphatic heterocycles. The Kier molecular flexibility index (Phi) is 9.21. The second-order valence-electron chi connectivity index (χ2n) is 10.7. The highest BCUT2D eigenvalue weighted by Crippen LogP contribution is 2.56. The summed E-state index contributed by atoms with van der Waals surface area (Å²) in [6, 6.07) is 18.8. The lowest BCUT2D eigenvalue weighted by Crippen LogP contribution is -2.40. The number of aromatic hydroxyl groups is 1. The van der Waals surface area contributed by atoms with E-state index in [1.54, 1.807) is 0 Å². The Balaban J connectivity index is 0.00000218. The number of rotatable bonds is 7. The van der Waals surface area contributed by atoms with Crippen molar-refractivity contribution in [2.45, 2.75) is 93.9 Å². The van der Waals surface area contributed by atoms with Crippen LogP contribution in [-0.4, -0.2) is 5.11 Å². The van der Waals surface area contributed by atoms with E-state index in [0.29, 0.717) is 17.6 Å². The summed E-state index contributed by atoms with van der Waals surface area (Å²) in [5.41, 5.74) is 3.20. The van der Waals surface area contributed by atoms with Crippen molar-refractivity contribution in [1.29, 1.82) is 0 Å². The highest BCUT2D eigenvalue weighted by molar-refractivity contribution is 5.30.